The highest BCUT2D eigenvalue weighted by Crippen LogP contribution is 2.25. The maximum atomic E-state index is 13.2. The minimum Gasteiger partial charge on any atom is -0.506 e. The second kappa shape index (κ2) is 8.89. The Hall–Kier alpha value is -2.86. The van der Waals surface area contributed by atoms with Crippen molar-refractivity contribution in [1.82, 2.24) is 4.90 Å². The van der Waals surface area contributed by atoms with E-state index in [4.69, 9.17) is 11.6 Å². The van der Waals surface area contributed by atoms with Gasteiger partial charge in [0, 0.05) is 25.1 Å². The molecule has 0 aromatic heterocycles. The van der Waals surface area contributed by atoms with Crippen molar-refractivity contribution in [2.24, 2.45) is 5.92 Å². The second-order valence-electron chi connectivity index (χ2n) is 6.61. The van der Waals surface area contributed by atoms with Gasteiger partial charge >= 0.3 is 0 Å². The number of amides is 2. The van der Waals surface area contributed by atoms with Crippen LogP contribution < -0.4 is 5.32 Å². The Kier molecular flexibility index (Phi) is 6.31. The highest BCUT2D eigenvalue weighted by atomic mass is 35.5. The van der Waals surface area contributed by atoms with Gasteiger partial charge in [0.15, 0.2) is 0 Å². The molecule has 2 N–H and O–H groups in total. The van der Waals surface area contributed by atoms with Gasteiger partial charge in [-0.3, -0.25) is 9.59 Å². The summed E-state index contributed by atoms with van der Waals surface area (Å²) in [7, 11) is 0. The van der Waals surface area contributed by atoms with Crippen LogP contribution in [0, 0.1) is 11.7 Å². The molecule has 7 heteroatoms. The SMILES string of the molecule is O=C(Nc1ccccc1O)C1CCN(C(=O)C=Cc2ccc(F)c(Cl)c2)CC1. The van der Waals surface area contributed by atoms with E-state index in [1.54, 1.807) is 35.2 Å². The van der Waals surface area contributed by atoms with Gasteiger partial charge in [0.25, 0.3) is 0 Å². The number of carbonyl (C=O) groups excluding carboxylic acids is 2. The van der Waals surface area contributed by atoms with Gasteiger partial charge in [0.05, 0.1) is 10.7 Å². The van der Waals surface area contributed by atoms with Crippen LogP contribution in [0.1, 0.15) is 18.4 Å². The quantitative estimate of drug-likeness (QED) is 0.598. The van der Waals surface area contributed by atoms with Crippen molar-refractivity contribution in [3.63, 3.8) is 0 Å². The monoisotopic (exact) mass is 402 g/mol. The molecule has 1 heterocycles. The van der Waals surface area contributed by atoms with Gasteiger partial charge < -0.3 is 15.3 Å². The minimum absolute atomic E-state index is 0.00544. The Bertz CT molecular complexity index is 908. The van der Waals surface area contributed by atoms with E-state index in [2.05, 4.69) is 5.32 Å². The second-order valence-corrected chi connectivity index (χ2v) is 7.02. The first kappa shape index (κ1) is 19.9. The molecule has 1 aliphatic heterocycles. The van der Waals surface area contributed by atoms with E-state index in [1.807, 2.05) is 0 Å². The number of phenols is 1. The zero-order valence-corrected chi connectivity index (χ0v) is 15.8. The van der Waals surface area contributed by atoms with Crippen molar-refractivity contribution in [3.05, 3.63) is 64.9 Å². The number of aromatic hydroxyl groups is 1. The number of rotatable bonds is 4. The molecule has 2 aromatic carbocycles. The highest BCUT2D eigenvalue weighted by Gasteiger charge is 2.27. The number of nitrogens with one attached hydrogen (secondary N) is 1. The number of hydrogen-bond acceptors (Lipinski definition) is 3. The van der Waals surface area contributed by atoms with Gasteiger partial charge in [-0.05, 0) is 48.7 Å². The summed E-state index contributed by atoms with van der Waals surface area (Å²) in [6.45, 7) is 0.929. The van der Waals surface area contributed by atoms with Crippen molar-refractivity contribution in [1.29, 1.82) is 0 Å². The Morgan fingerprint density at radius 3 is 2.57 bits per heavy atom. The molecule has 3 rings (SSSR count). The number of phenolic OH excluding ortho intramolecular Hbond substituents is 1. The van der Waals surface area contributed by atoms with Gasteiger partial charge in [-0.25, -0.2) is 4.39 Å². The molecule has 5 nitrogen and oxygen atoms in total. The number of hydrogen-bond donors (Lipinski definition) is 2. The first-order valence-electron chi connectivity index (χ1n) is 8.95. The van der Waals surface area contributed by atoms with Crippen LogP contribution in [-0.4, -0.2) is 34.9 Å². The lowest BCUT2D eigenvalue weighted by molar-refractivity contribution is -0.130. The molecule has 1 fully saturated rings. The number of benzene rings is 2. The van der Waals surface area contributed by atoms with Crippen molar-refractivity contribution in [3.8, 4) is 5.75 Å². The average Bonchev–Trinajstić information content (AvgIpc) is 2.70. The molecule has 0 bridgehead atoms. The molecule has 2 aromatic rings. The summed E-state index contributed by atoms with van der Waals surface area (Å²) >= 11 is 5.73. The predicted molar refractivity (Wildman–Crippen MR) is 106 cm³/mol. The molecule has 28 heavy (non-hydrogen) atoms. The van der Waals surface area contributed by atoms with Crippen molar-refractivity contribution < 1.29 is 19.1 Å². The average molecular weight is 403 g/mol. The normalized spacial score (nSPS) is 15.0. The van der Waals surface area contributed by atoms with Gasteiger partial charge in [-0.15, -0.1) is 0 Å². The Morgan fingerprint density at radius 2 is 1.89 bits per heavy atom. The number of anilines is 1. The molecule has 1 aliphatic rings. The number of piperidine rings is 1. The van der Waals surface area contributed by atoms with Gasteiger partial charge in [-0.1, -0.05) is 29.8 Å². The largest absolute Gasteiger partial charge is 0.506 e. The molecule has 0 atom stereocenters. The van der Waals surface area contributed by atoms with Crippen molar-refractivity contribution in [2.45, 2.75) is 12.8 Å². The van der Waals surface area contributed by atoms with Crippen LogP contribution in [0.3, 0.4) is 0 Å². The fourth-order valence-electron chi connectivity index (χ4n) is 3.07. The van der Waals surface area contributed by atoms with E-state index in [0.29, 0.717) is 37.2 Å². The van der Waals surface area contributed by atoms with E-state index in [9.17, 15) is 19.1 Å². The van der Waals surface area contributed by atoms with Crippen LogP contribution in [-0.2, 0) is 9.59 Å². The van der Waals surface area contributed by atoms with Crippen LogP contribution in [0.15, 0.2) is 48.5 Å². The lowest BCUT2D eigenvalue weighted by Gasteiger charge is -2.30. The molecular weight excluding hydrogens is 383 g/mol. The van der Waals surface area contributed by atoms with E-state index in [-0.39, 0.29) is 28.5 Å². The van der Waals surface area contributed by atoms with Crippen molar-refractivity contribution >= 4 is 35.2 Å². The smallest absolute Gasteiger partial charge is 0.246 e. The Morgan fingerprint density at radius 1 is 1.18 bits per heavy atom. The van der Waals surface area contributed by atoms with E-state index in [0.717, 1.165) is 0 Å². The lowest BCUT2D eigenvalue weighted by atomic mass is 9.95. The van der Waals surface area contributed by atoms with E-state index >= 15 is 0 Å². The third-order valence-corrected chi connectivity index (χ3v) is 4.99. The highest BCUT2D eigenvalue weighted by molar-refractivity contribution is 6.30. The Labute approximate surface area is 167 Å². The summed E-state index contributed by atoms with van der Waals surface area (Å²) < 4.78 is 13.2. The summed E-state index contributed by atoms with van der Waals surface area (Å²) in [6.07, 6.45) is 4.10. The molecule has 0 aliphatic carbocycles. The molecule has 0 spiro atoms. The molecule has 0 unspecified atom stereocenters. The van der Waals surface area contributed by atoms with Crippen LogP contribution in [0.4, 0.5) is 10.1 Å². The number of carbonyl (C=O) groups is 2. The maximum Gasteiger partial charge on any atom is 0.246 e. The molecule has 0 radical (unpaired) electrons. The summed E-state index contributed by atoms with van der Waals surface area (Å²) in [6, 6.07) is 10.8. The zero-order chi connectivity index (χ0) is 20.1. The lowest BCUT2D eigenvalue weighted by Crippen LogP contribution is -2.40. The standard InChI is InChI=1S/C21H20ClFN2O3/c22-16-13-14(5-7-17(16)23)6-8-20(27)25-11-9-15(10-12-25)21(28)24-18-3-1-2-4-19(18)26/h1-8,13,15,26H,9-12H2,(H,24,28). The predicted octanol–water partition coefficient (Wildman–Crippen LogP) is 4.08. The number of likely N-dealkylation sites (tertiary alicyclic amines) is 1. The third kappa shape index (κ3) is 4.89. The van der Waals surface area contributed by atoms with Crippen molar-refractivity contribution in [2.75, 3.05) is 18.4 Å². The molecule has 0 saturated carbocycles. The van der Waals surface area contributed by atoms with Crippen LogP contribution in [0.25, 0.3) is 6.08 Å². The summed E-state index contributed by atoms with van der Waals surface area (Å²) in [4.78, 5) is 26.4. The Balaban J connectivity index is 1.52. The fourth-order valence-corrected chi connectivity index (χ4v) is 3.25. The first-order chi connectivity index (χ1) is 13.4. The zero-order valence-electron chi connectivity index (χ0n) is 15.1. The summed E-state index contributed by atoms with van der Waals surface area (Å²) in [5, 5.41) is 12.5. The first-order valence-corrected chi connectivity index (χ1v) is 9.33. The molecule has 146 valence electrons. The molecule has 2 amide bonds. The fraction of sp³-hybridized carbons (Fsp3) is 0.238. The number of para-hydroxylation sites is 2. The number of halogens is 2. The van der Waals surface area contributed by atoms with Gasteiger partial charge in [-0.2, -0.15) is 0 Å². The third-order valence-electron chi connectivity index (χ3n) is 4.70. The van der Waals surface area contributed by atoms with Crippen LogP contribution in [0.5, 0.6) is 5.75 Å². The minimum atomic E-state index is -0.505. The topological polar surface area (TPSA) is 69.6 Å². The molecule has 1 saturated heterocycles. The van der Waals surface area contributed by atoms with Gasteiger partial charge in [0.1, 0.15) is 11.6 Å². The van der Waals surface area contributed by atoms with E-state index < -0.39 is 5.82 Å². The summed E-state index contributed by atoms with van der Waals surface area (Å²) in [5.74, 6) is -1.03. The van der Waals surface area contributed by atoms with Gasteiger partial charge in [0.2, 0.25) is 11.8 Å². The van der Waals surface area contributed by atoms with Crippen LogP contribution in [0.2, 0.25) is 5.02 Å². The number of nitrogens with zero attached hydrogens (tertiary/aromatic N) is 1. The summed E-state index contributed by atoms with van der Waals surface area (Å²) in [5.41, 5.74) is 1.02. The molecular formula is C21H20ClFN2O3. The maximum absolute atomic E-state index is 13.2. The van der Waals surface area contributed by atoms with Crippen LogP contribution >= 0.6 is 11.6 Å². The van der Waals surface area contributed by atoms with E-state index in [1.165, 1.54) is 24.3 Å².